The second kappa shape index (κ2) is 19.1. The Bertz CT molecular complexity index is 406. The number of carbonyl (C=O) groups is 1. The Kier molecular flexibility index (Phi) is 17.5. The molecule has 0 fully saturated rings. The molecule has 0 aliphatic carbocycles. The van der Waals surface area contributed by atoms with E-state index in [9.17, 15) is 4.79 Å². The van der Waals surface area contributed by atoms with E-state index in [4.69, 9.17) is 0 Å². The molecule has 1 nitrogen and oxygen atoms in total. The monoisotopic (exact) mass is 298 g/mol. The van der Waals surface area contributed by atoms with E-state index in [0.29, 0.717) is 0 Å². The molecule has 0 aliphatic rings. The Hall–Kier alpha value is -1.89. The smallest absolute Gasteiger partial charge is 0.142 e. The fraction of sp³-hybridized carbons (Fsp3) is 0.381. The van der Waals surface area contributed by atoms with Crippen molar-refractivity contribution in [1.82, 2.24) is 0 Å². The van der Waals surface area contributed by atoms with Gasteiger partial charge in [-0.2, -0.15) is 0 Å². The quantitative estimate of drug-likeness (QED) is 0.169. The average Bonchev–Trinajstić information content (AvgIpc) is 2.54. The molecule has 120 valence electrons. The molecule has 0 radical (unpaired) electrons. The maximum atomic E-state index is 10.0. The first kappa shape index (κ1) is 20.1. The molecule has 1 heteroatoms. The van der Waals surface area contributed by atoms with Gasteiger partial charge < -0.3 is 0 Å². The first-order valence-electron chi connectivity index (χ1n) is 8.35. The van der Waals surface area contributed by atoms with E-state index in [2.05, 4.69) is 25.2 Å². The van der Waals surface area contributed by atoms with Gasteiger partial charge in [0.15, 0.2) is 0 Å². The van der Waals surface area contributed by atoms with Gasteiger partial charge in [0.2, 0.25) is 0 Å². The average molecular weight is 298 g/mol. The fourth-order valence-electron chi connectivity index (χ4n) is 1.84. The number of rotatable bonds is 13. The standard InChI is InChI=1S/C21H30O/c1-2-3-4-5-6-7-8-9-10-11-12-13-14-15-16-17-18-19-20-21-22/h9-21H,2-8H2,1H3/b10-9-,12-11+,14-13-,16-15-,18-17-,20-19-. The highest BCUT2D eigenvalue weighted by molar-refractivity contribution is 5.65. The normalized spacial score (nSPS) is 13.1. The van der Waals surface area contributed by atoms with Crippen molar-refractivity contribution in [3.05, 3.63) is 72.9 Å². The lowest BCUT2D eigenvalue weighted by molar-refractivity contribution is -0.104. The summed E-state index contributed by atoms with van der Waals surface area (Å²) in [6, 6.07) is 0. The van der Waals surface area contributed by atoms with Gasteiger partial charge in [0.25, 0.3) is 0 Å². The third kappa shape index (κ3) is 18.1. The maximum absolute atomic E-state index is 10.0. The number of carbonyl (C=O) groups excluding carboxylic acids is 1. The van der Waals surface area contributed by atoms with Gasteiger partial charge in [-0.1, -0.05) is 106 Å². The zero-order valence-electron chi connectivity index (χ0n) is 13.9. The topological polar surface area (TPSA) is 17.1 Å². The van der Waals surface area contributed by atoms with Crippen LogP contribution >= 0.6 is 0 Å². The van der Waals surface area contributed by atoms with Gasteiger partial charge in [0, 0.05) is 0 Å². The van der Waals surface area contributed by atoms with Crippen LogP contribution < -0.4 is 0 Å². The van der Waals surface area contributed by atoms with Gasteiger partial charge in [-0.25, -0.2) is 0 Å². The molecule has 0 atom stereocenters. The summed E-state index contributed by atoms with van der Waals surface area (Å²) >= 11 is 0. The third-order valence-corrected chi connectivity index (χ3v) is 3.05. The van der Waals surface area contributed by atoms with Crippen LogP contribution in [0, 0.1) is 0 Å². The van der Waals surface area contributed by atoms with Crippen molar-refractivity contribution in [2.75, 3.05) is 0 Å². The van der Waals surface area contributed by atoms with E-state index in [1.54, 1.807) is 6.08 Å². The Balaban J connectivity index is 3.55. The SMILES string of the molecule is CCCCCCCC\C=C/C=C/C=C\C=C/C=C\C=C/C=O. The van der Waals surface area contributed by atoms with E-state index in [0.717, 1.165) is 6.29 Å². The van der Waals surface area contributed by atoms with Crippen molar-refractivity contribution < 1.29 is 4.79 Å². The van der Waals surface area contributed by atoms with Crippen LogP contribution in [0.15, 0.2) is 72.9 Å². The third-order valence-electron chi connectivity index (χ3n) is 3.05. The molecule has 0 saturated heterocycles. The van der Waals surface area contributed by atoms with Crippen LogP contribution in [0.5, 0.6) is 0 Å². The molecule has 0 saturated carbocycles. The number of unbranched alkanes of at least 4 members (excludes halogenated alkanes) is 6. The van der Waals surface area contributed by atoms with Crippen molar-refractivity contribution in [3.8, 4) is 0 Å². The number of aldehydes is 1. The zero-order chi connectivity index (χ0) is 16.1. The van der Waals surface area contributed by atoms with Crippen LogP contribution in [0.25, 0.3) is 0 Å². The van der Waals surface area contributed by atoms with Crippen LogP contribution in [0.2, 0.25) is 0 Å². The number of allylic oxidation sites excluding steroid dienone is 12. The Morgan fingerprint density at radius 2 is 1.00 bits per heavy atom. The fourth-order valence-corrected chi connectivity index (χ4v) is 1.84. The summed E-state index contributed by atoms with van der Waals surface area (Å²) < 4.78 is 0. The summed E-state index contributed by atoms with van der Waals surface area (Å²) in [7, 11) is 0. The molecular formula is C21H30O. The lowest BCUT2D eigenvalue weighted by Gasteiger charge is -1.97. The molecule has 22 heavy (non-hydrogen) atoms. The van der Waals surface area contributed by atoms with E-state index in [1.165, 1.54) is 51.0 Å². The van der Waals surface area contributed by atoms with Crippen LogP contribution in [-0.4, -0.2) is 6.29 Å². The van der Waals surface area contributed by atoms with Gasteiger partial charge in [-0.05, 0) is 18.9 Å². The minimum Gasteiger partial charge on any atom is -0.299 e. The van der Waals surface area contributed by atoms with Crippen molar-refractivity contribution in [2.45, 2.75) is 51.9 Å². The molecule has 0 aromatic carbocycles. The molecule has 0 spiro atoms. The van der Waals surface area contributed by atoms with Gasteiger partial charge >= 0.3 is 0 Å². The van der Waals surface area contributed by atoms with E-state index in [1.807, 2.05) is 42.5 Å². The van der Waals surface area contributed by atoms with Crippen molar-refractivity contribution >= 4 is 6.29 Å². The Morgan fingerprint density at radius 1 is 0.545 bits per heavy atom. The highest BCUT2D eigenvalue weighted by Crippen LogP contribution is 2.07. The van der Waals surface area contributed by atoms with Crippen LogP contribution in [-0.2, 0) is 4.79 Å². The Morgan fingerprint density at radius 3 is 1.55 bits per heavy atom. The summed E-state index contributed by atoms with van der Waals surface area (Å²) in [5.41, 5.74) is 0. The molecule has 0 aromatic heterocycles. The van der Waals surface area contributed by atoms with Gasteiger partial charge in [-0.3, -0.25) is 4.79 Å². The lowest BCUT2D eigenvalue weighted by Crippen LogP contribution is -1.77. The van der Waals surface area contributed by atoms with Crippen LogP contribution in [0.1, 0.15) is 51.9 Å². The second-order valence-electron chi connectivity index (χ2n) is 5.05. The van der Waals surface area contributed by atoms with E-state index >= 15 is 0 Å². The predicted octanol–water partition coefficient (Wildman–Crippen LogP) is 6.27. The van der Waals surface area contributed by atoms with Crippen molar-refractivity contribution in [3.63, 3.8) is 0 Å². The number of hydrogen-bond acceptors (Lipinski definition) is 1. The van der Waals surface area contributed by atoms with Crippen molar-refractivity contribution in [1.29, 1.82) is 0 Å². The van der Waals surface area contributed by atoms with Gasteiger partial charge in [0.05, 0.1) is 0 Å². The molecule has 0 aromatic rings. The molecule has 0 bridgehead atoms. The summed E-state index contributed by atoms with van der Waals surface area (Å²) in [5, 5.41) is 0. The molecule has 0 heterocycles. The van der Waals surface area contributed by atoms with Crippen molar-refractivity contribution in [2.24, 2.45) is 0 Å². The van der Waals surface area contributed by atoms with Crippen LogP contribution in [0.3, 0.4) is 0 Å². The van der Waals surface area contributed by atoms with E-state index in [-0.39, 0.29) is 0 Å². The zero-order valence-corrected chi connectivity index (χ0v) is 13.9. The summed E-state index contributed by atoms with van der Waals surface area (Å²) in [6.07, 6.45) is 33.2. The number of hydrogen-bond donors (Lipinski definition) is 0. The maximum Gasteiger partial charge on any atom is 0.142 e. The minimum atomic E-state index is 0.763. The molecule has 0 amide bonds. The molecule has 0 unspecified atom stereocenters. The Labute approximate surface area is 136 Å². The first-order valence-corrected chi connectivity index (χ1v) is 8.35. The van der Waals surface area contributed by atoms with Gasteiger partial charge in [0.1, 0.15) is 6.29 Å². The molecule has 0 aliphatic heterocycles. The summed E-state index contributed by atoms with van der Waals surface area (Å²) in [5.74, 6) is 0. The largest absolute Gasteiger partial charge is 0.299 e. The molecular weight excluding hydrogens is 268 g/mol. The predicted molar refractivity (Wildman–Crippen MR) is 98.9 cm³/mol. The van der Waals surface area contributed by atoms with E-state index < -0.39 is 0 Å². The highest BCUT2D eigenvalue weighted by atomic mass is 16.1. The van der Waals surface area contributed by atoms with Crippen LogP contribution in [0.4, 0.5) is 0 Å². The molecule has 0 rings (SSSR count). The summed E-state index contributed by atoms with van der Waals surface area (Å²) in [4.78, 5) is 10.0. The second-order valence-corrected chi connectivity index (χ2v) is 5.05. The van der Waals surface area contributed by atoms with Gasteiger partial charge in [-0.15, -0.1) is 0 Å². The first-order chi connectivity index (χ1) is 10.9. The lowest BCUT2D eigenvalue weighted by atomic mass is 10.1. The molecule has 0 N–H and O–H groups in total. The highest BCUT2D eigenvalue weighted by Gasteiger charge is 1.87. The summed E-state index contributed by atoms with van der Waals surface area (Å²) in [6.45, 7) is 2.25. The minimum absolute atomic E-state index is 0.763.